The van der Waals surface area contributed by atoms with E-state index in [1.54, 1.807) is 11.6 Å². The summed E-state index contributed by atoms with van der Waals surface area (Å²) in [5.41, 5.74) is 4.36. The molecule has 1 amide bonds. The number of hydrogen-bond donors (Lipinski definition) is 1. The maximum absolute atomic E-state index is 12.6. The first-order valence-corrected chi connectivity index (χ1v) is 10.5. The molecule has 0 saturated carbocycles. The number of para-hydroxylation sites is 1. The first-order chi connectivity index (χ1) is 14.8. The number of nitrogens with zero attached hydrogens (tertiary/aromatic N) is 2. The molecule has 0 unspecified atom stereocenters. The molecule has 0 atom stereocenters. The second-order valence-electron chi connectivity index (χ2n) is 7.71. The highest BCUT2D eigenvalue weighted by molar-refractivity contribution is 6.32. The summed E-state index contributed by atoms with van der Waals surface area (Å²) in [6, 6.07) is 15.5. The third kappa shape index (κ3) is 5.33. The fourth-order valence-electron chi connectivity index (χ4n) is 3.37. The number of benzene rings is 2. The van der Waals surface area contributed by atoms with Crippen LogP contribution in [0, 0.1) is 13.8 Å². The molecule has 3 rings (SSSR count). The summed E-state index contributed by atoms with van der Waals surface area (Å²) in [7, 11) is 0. The number of aryl methyl sites for hydroxylation is 2. The van der Waals surface area contributed by atoms with Crippen molar-refractivity contribution in [2.75, 3.05) is 11.9 Å². The third-order valence-electron chi connectivity index (χ3n) is 4.97. The second kappa shape index (κ2) is 9.79. The van der Waals surface area contributed by atoms with E-state index in [1.807, 2.05) is 55.5 Å². The van der Waals surface area contributed by atoms with E-state index in [1.165, 1.54) is 0 Å². The number of anilines is 1. The number of rotatable bonds is 7. The number of nitrogens with one attached hydrogen (secondary N) is 1. The van der Waals surface area contributed by atoms with Crippen LogP contribution in [-0.2, 0) is 16.1 Å². The minimum Gasteiger partial charge on any atom is -0.452 e. The molecule has 6 nitrogen and oxygen atoms in total. The Hall–Kier alpha value is -3.12. The normalized spacial score (nSPS) is 10.9. The van der Waals surface area contributed by atoms with Crippen molar-refractivity contribution < 1.29 is 14.3 Å². The molecule has 0 saturated heterocycles. The lowest BCUT2D eigenvalue weighted by Gasteiger charge is -2.16. The molecule has 7 heteroatoms. The fraction of sp³-hybridized carbons (Fsp3) is 0.292. The van der Waals surface area contributed by atoms with Crippen molar-refractivity contribution >= 4 is 29.2 Å². The first kappa shape index (κ1) is 22.6. The zero-order valence-electron chi connectivity index (χ0n) is 18.1. The molecule has 0 bridgehead atoms. The summed E-state index contributed by atoms with van der Waals surface area (Å²) in [4.78, 5) is 25.1. The number of aromatic nitrogens is 2. The van der Waals surface area contributed by atoms with Crippen molar-refractivity contribution in [1.29, 1.82) is 0 Å². The van der Waals surface area contributed by atoms with Crippen LogP contribution in [0.4, 0.5) is 5.69 Å². The maximum atomic E-state index is 12.6. The van der Waals surface area contributed by atoms with Crippen LogP contribution >= 0.6 is 11.6 Å². The SMILES string of the molecule is Cc1cccc(C(C)C)c1NC(=O)COC(=O)c1c(C)nn(Cc2ccccc2)c1Cl. The molecule has 0 aliphatic rings. The molecule has 162 valence electrons. The highest BCUT2D eigenvalue weighted by Gasteiger charge is 2.23. The summed E-state index contributed by atoms with van der Waals surface area (Å²) in [6.07, 6.45) is 0. The van der Waals surface area contributed by atoms with Crippen LogP contribution in [0.2, 0.25) is 5.15 Å². The van der Waals surface area contributed by atoms with Gasteiger partial charge >= 0.3 is 5.97 Å². The molecular formula is C24H26ClN3O3. The Balaban J connectivity index is 1.67. The number of carbonyl (C=O) groups is 2. The molecule has 1 heterocycles. The lowest BCUT2D eigenvalue weighted by molar-refractivity contribution is -0.119. The van der Waals surface area contributed by atoms with Crippen molar-refractivity contribution in [3.8, 4) is 0 Å². The van der Waals surface area contributed by atoms with Crippen LogP contribution < -0.4 is 5.32 Å². The molecule has 2 aromatic carbocycles. The van der Waals surface area contributed by atoms with Crippen molar-refractivity contribution in [2.45, 2.75) is 40.2 Å². The highest BCUT2D eigenvalue weighted by atomic mass is 35.5. The van der Waals surface area contributed by atoms with Gasteiger partial charge in [-0.2, -0.15) is 5.10 Å². The van der Waals surface area contributed by atoms with E-state index < -0.39 is 18.5 Å². The molecule has 1 N–H and O–H groups in total. The van der Waals surface area contributed by atoms with Crippen LogP contribution in [-0.4, -0.2) is 28.3 Å². The van der Waals surface area contributed by atoms with Crippen molar-refractivity contribution in [1.82, 2.24) is 9.78 Å². The standard InChI is InChI=1S/C24H26ClN3O3/c1-15(2)19-12-8-9-16(3)22(19)26-20(29)14-31-24(30)21-17(4)27-28(23(21)25)13-18-10-6-5-7-11-18/h5-12,15H,13-14H2,1-4H3,(H,26,29). The van der Waals surface area contributed by atoms with Crippen LogP contribution in [0.3, 0.4) is 0 Å². The van der Waals surface area contributed by atoms with Gasteiger partial charge in [0.15, 0.2) is 6.61 Å². The van der Waals surface area contributed by atoms with Crippen LogP contribution in [0.15, 0.2) is 48.5 Å². The number of ether oxygens (including phenoxy) is 1. The van der Waals surface area contributed by atoms with Crippen LogP contribution in [0.25, 0.3) is 0 Å². The van der Waals surface area contributed by atoms with Crippen molar-refractivity contribution in [3.63, 3.8) is 0 Å². The van der Waals surface area contributed by atoms with E-state index in [2.05, 4.69) is 24.3 Å². The van der Waals surface area contributed by atoms with Gasteiger partial charge in [-0.1, -0.05) is 74.0 Å². The van der Waals surface area contributed by atoms with Gasteiger partial charge in [0.05, 0.1) is 12.2 Å². The van der Waals surface area contributed by atoms with Gasteiger partial charge in [0.2, 0.25) is 0 Å². The van der Waals surface area contributed by atoms with Gasteiger partial charge in [0, 0.05) is 5.69 Å². The number of halogens is 1. The summed E-state index contributed by atoms with van der Waals surface area (Å²) in [5.74, 6) is -0.838. The minimum atomic E-state index is -0.675. The number of hydrogen-bond acceptors (Lipinski definition) is 4. The lowest BCUT2D eigenvalue weighted by atomic mass is 9.98. The Morgan fingerprint density at radius 1 is 1.10 bits per heavy atom. The third-order valence-corrected chi connectivity index (χ3v) is 5.35. The second-order valence-corrected chi connectivity index (χ2v) is 8.07. The summed E-state index contributed by atoms with van der Waals surface area (Å²) in [5, 5.41) is 7.40. The maximum Gasteiger partial charge on any atom is 0.343 e. The number of amides is 1. The van der Waals surface area contributed by atoms with E-state index in [4.69, 9.17) is 16.3 Å². The molecule has 0 radical (unpaired) electrons. The summed E-state index contributed by atoms with van der Waals surface area (Å²) < 4.78 is 6.79. The molecular weight excluding hydrogens is 414 g/mol. The largest absolute Gasteiger partial charge is 0.452 e. The molecule has 0 aliphatic carbocycles. The van der Waals surface area contributed by atoms with Crippen LogP contribution in [0.5, 0.6) is 0 Å². The van der Waals surface area contributed by atoms with Crippen LogP contribution in [0.1, 0.15) is 52.5 Å². The average Bonchev–Trinajstić information content (AvgIpc) is 3.01. The molecule has 0 spiro atoms. The Bertz CT molecular complexity index is 1090. The average molecular weight is 440 g/mol. The zero-order chi connectivity index (χ0) is 22.5. The Morgan fingerprint density at radius 3 is 2.48 bits per heavy atom. The van der Waals surface area contributed by atoms with E-state index in [-0.39, 0.29) is 16.6 Å². The van der Waals surface area contributed by atoms with Gasteiger partial charge in [0.1, 0.15) is 10.7 Å². The van der Waals surface area contributed by atoms with Gasteiger partial charge in [-0.05, 0) is 36.5 Å². The van der Waals surface area contributed by atoms with Crippen molar-refractivity contribution in [3.05, 3.63) is 81.6 Å². The monoisotopic (exact) mass is 439 g/mol. The lowest BCUT2D eigenvalue weighted by Crippen LogP contribution is -2.22. The first-order valence-electron chi connectivity index (χ1n) is 10.1. The predicted molar refractivity (Wildman–Crippen MR) is 122 cm³/mol. The van der Waals surface area contributed by atoms with Gasteiger partial charge in [-0.15, -0.1) is 0 Å². The van der Waals surface area contributed by atoms with Gasteiger partial charge in [-0.3, -0.25) is 4.79 Å². The van der Waals surface area contributed by atoms with E-state index in [0.29, 0.717) is 12.2 Å². The summed E-state index contributed by atoms with van der Waals surface area (Å²) >= 11 is 6.39. The predicted octanol–water partition coefficient (Wildman–Crippen LogP) is 5.12. The topological polar surface area (TPSA) is 73.2 Å². The molecule has 0 fully saturated rings. The fourth-order valence-corrected chi connectivity index (χ4v) is 3.68. The van der Waals surface area contributed by atoms with E-state index in [9.17, 15) is 9.59 Å². The number of carbonyl (C=O) groups excluding carboxylic acids is 2. The Morgan fingerprint density at radius 2 is 1.81 bits per heavy atom. The molecule has 31 heavy (non-hydrogen) atoms. The van der Waals surface area contributed by atoms with E-state index in [0.717, 1.165) is 22.4 Å². The molecule has 3 aromatic rings. The highest BCUT2D eigenvalue weighted by Crippen LogP contribution is 2.27. The number of esters is 1. The summed E-state index contributed by atoms with van der Waals surface area (Å²) in [6.45, 7) is 7.75. The Kier molecular flexibility index (Phi) is 7.13. The molecule has 1 aromatic heterocycles. The minimum absolute atomic E-state index is 0.171. The molecule has 0 aliphatic heterocycles. The Labute approximate surface area is 187 Å². The smallest absolute Gasteiger partial charge is 0.343 e. The quantitative estimate of drug-likeness (QED) is 0.518. The van der Waals surface area contributed by atoms with Crippen molar-refractivity contribution in [2.24, 2.45) is 0 Å². The van der Waals surface area contributed by atoms with Gasteiger partial charge in [-0.25, -0.2) is 9.48 Å². The zero-order valence-corrected chi connectivity index (χ0v) is 18.9. The van der Waals surface area contributed by atoms with E-state index >= 15 is 0 Å². The van der Waals surface area contributed by atoms with Gasteiger partial charge in [0.25, 0.3) is 5.91 Å². The van der Waals surface area contributed by atoms with Gasteiger partial charge < -0.3 is 10.1 Å².